The zero-order chi connectivity index (χ0) is 14.4. The van der Waals surface area contributed by atoms with Gasteiger partial charge in [0.15, 0.2) is 5.82 Å². The van der Waals surface area contributed by atoms with E-state index >= 15 is 0 Å². The van der Waals surface area contributed by atoms with Crippen molar-refractivity contribution < 1.29 is 9.63 Å². The van der Waals surface area contributed by atoms with Gasteiger partial charge >= 0.3 is 0 Å². The average molecular weight is 281 g/mol. The lowest BCUT2D eigenvalue weighted by molar-refractivity contribution is 0.0689. The van der Waals surface area contributed by atoms with Gasteiger partial charge in [0, 0.05) is 19.0 Å². The summed E-state index contributed by atoms with van der Waals surface area (Å²) < 4.78 is 5.34. The van der Waals surface area contributed by atoms with E-state index in [0.717, 1.165) is 18.7 Å². The number of hydrogen-bond donors (Lipinski definition) is 1. The van der Waals surface area contributed by atoms with Gasteiger partial charge in [-0.15, -0.1) is 0 Å². The Bertz CT molecular complexity index is 386. The van der Waals surface area contributed by atoms with Crippen LogP contribution in [-0.4, -0.2) is 38.8 Å². The van der Waals surface area contributed by atoms with Crippen LogP contribution in [-0.2, 0) is 13.0 Å². The third kappa shape index (κ3) is 4.56. The van der Waals surface area contributed by atoms with Gasteiger partial charge in [-0.25, -0.2) is 0 Å². The zero-order valence-corrected chi connectivity index (χ0v) is 12.7. The summed E-state index contributed by atoms with van der Waals surface area (Å²) in [6.45, 7) is 5.28. The van der Waals surface area contributed by atoms with Gasteiger partial charge < -0.3 is 9.63 Å². The van der Waals surface area contributed by atoms with E-state index in [4.69, 9.17) is 4.52 Å². The Morgan fingerprint density at radius 3 is 2.75 bits per heavy atom. The van der Waals surface area contributed by atoms with Gasteiger partial charge in [0.05, 0.1) is 12.6 Å². The highest BCUT2D eigenvalue weighted by atomic mass is 16.5. The van der Waals surface area contributed by atoms with E-state index in [1.165, 1.54) is 32.1 Å². The van der Waals surface area contributed by atoms with Crippen molar-refractivity contribution in [3.8, 4) is 0 Å². The van der Waals surface area contributed by atoms with Crippen LogP contribution >= 0.6 is 0 Å². The van der Waals surface area contributed by atoms with Crippen LogP contribution in [0, 0.1) is 0 Å². The number of nitrogens with zero attached hydrogens (tertiary/aromatic N) is 3. The van der Waals surface area contributed by atoms with Crippen LogP contribution in [0.3, 0.4) is 0 Å². The van der Waals surface area contributed by atoms with Crippen molar-refractivity contribution in [1.29, 1.82) is 0 Å². The van der Waals surface area contributed by atoms with Gasteiger partial charge in [0.2, 0.25) is 5.89 Å². The van der Waals surface area contributed by atoms with E-state index in [1.807, 2.05) is 6.92 Å². The molecular formula is C15H27N3O2. The third-order valence-corrected chi connectivity index (χ3v) is 3.91. The molecule has 1 aliphatic carbocycles. The molecule has 0 radical (unpaired) electrons. The maximum Gasteiger partial charge on any atom is 0.240 e. The molecule has 0 saturated heterocycles. The Hall–Kier alpha value is -0.940. The number of hydrogen-bond acceptors (Lipinski definition) is 5. The molecule has 0 aromatic carbocycles. The number of aromatic nitrogens is 2. The van der Waals surface area contributed by atoms with Crippen LogP contribution in [0.2, 0.25) is 0 Å². The number of rotatable bonds is 7. The molecule has 1 aliphatic rings. The second kappa shape index (κ2) is 7.74. The molecule has 5 nitrogen and oxygen atoms in total. The Balaban J connectivity index is 1.97. The smallest absolute Gasteiger partial charge is 0.240 e. The monoisotopic (exact) mass is 281 g/mol. The highest BCUT2D eigenvalue weighted by Crippen LogP contribution is 2.24. The molecule has 1 N–H and O–H groups in total. The first-order valence-corrected chi connectivity index (χ1v) is 7.92. The van der Waals surface area contributed by atoms with Gasteiger partial charge in [-0.2, -0.15) is 4.98 Å². The topological polar surface area (TPSA) is 62.4 Å². The SMILES string of the molecule is CCCc1noc(CN(CC(C)O)C2CCCCC2)n1. The van der Waals surface area contributed by atoms with Crippen molar-refractivity contribution in [2.45, 2.75) is 77.5 Å². The highest BCUT2D eigenvalue weighted by Gasteiger charge is 2.24. The largest absolute Gasteiger partial charge is 0.392 e. The Kier molecular flexibility index (Phi) is 5.98. The normalized spacial score (nSPS) is 18.6. The molecule has 1 saturated carbocycles. The molecule has 114 valence electrons. The minimum Gasteiger partial charge on any atom is -0.392 e. The summed E-state index contributed by atoms with van der Waals surface area (Å²) in [6, 6.07) is 0.542. The van der Waals surface area contributed by atoms with E-state index in [9.17, 15) is 5.11 Å². The van der Waals surface area contributed by atoms with Crippen LogP contribution in [0.4, 0.5) is 0 Å². The van der Waals surface area contributed by atoms with E-state index in [2.05, 4.69) is 22.0 Å². The van der Waals surface area contributed by atoms with Crippen molar-refractivity contribution in [2.75, 3.05) is 6.54 Å². The summed E-state index contributed by atoms with van der Waals surface area (Å²) in [6.07, 6.45) is 7.89. The quantitative estimate of drug-likeness (QED) is 0.832. The molecule has 1 atom stereocenters. The van der Waals surface area contributed by atoms with Crippen molar-refractivity contribution in [1.82, 2.24) is 15.0 Å². The maximum absolute atomic E-state index is 9.71. The van der Waals surface area contributed by atoms with E-state index in [1.54, 1.807) is 0 Å². The molecule has 0 bridgehead atoms. The number of aryl methyl sites for hydroxylation is 1. The van der Waals surface area contributed by atoms with Gasteiger partial charge in [0.25, 0.3) is 0 Å². The molecule has 2 rings (SSSR count). The Morgan fingerprint density at radius 2 is 2.10 bits per heavy atom. The molecule has 1 aromatic rings. The fourth-order valence-electron chi connectivity index (χ4n) is 2.98. The Morgan fingerprint density at radius 1 is 1.35 bits per heavy atom. The molecular weight excluding hydrogens is 254 g/mol. The third-order valence-electron chi connectivity index (χ3n) is 3.91. The fourth-order valence-corrected chi connectivity index (χ4v) is 2.98. The number of aliphatic hydroxyl groups excluding tert-OH is 1. The van der Waals surface area contributed by atoms with Crippen molar-refractivity contribution in [3.63, 3.8) is 0 Å². The molecule has 0 amide bonds. The van der Waals surface area contributed by atoms with Gasteiger partial charge in [-0.05, 0) is 26.2 Å². The summed E-state index contributed by atoms with van der Waals surface area (Å²) in [4.78, 5) is 6.75. The van der Waals surface area contributed by atoms with Crippen molar-refractivity contribution >= 4 is 0 Å². The average Bonchev–Trinajstić information content (AvgIpc) is 2.86. The van der Waals surface area contributed by atoms with Crippen LogP contribution in [0.5, 0.6) is 0 Å². The first-order valence-electron chi connectivity index (χ1n) is 7.92. The minimum atomic E-state index is -0.324. The summed E-state index contributed by atoms with van der Waals surface area (Å²) in [5, 5.41) is 13.7. The maximum atomic E-state index is 9.71. The lowest BCUT2D eigenvalue weighted by Crippen LogP contribution is -2.40. The molecule has 1 fully saturated rings. The van der Waals surface area contributed by atoms with Crippen LogP contribution < -0.4 is 0 Å². The van der Waals surface area contributed by atoms with E-state index in [0.29, 0.717) is 25.0 Å². The summed E-state index contributed by atoms with van der Waals surface area (Å²) >= 11 is 0. The van der Waals surface area contributed by atoms with Gasteiger partial charge in [-0.1, -0.05) is 31.3 Å². The molecule has 5 heteroatoms. The standard InChI is InChI=1S/C15H27N3O2/c1-3-7-14-16-15(20-17-14)11-18(10-12(2)19)13-8-5-4-6-9-13/h12-13,19H,3-11H2,1-2H3. The zero-order valence-electron chi connectivity index (χ0n) is 12.7. The van der Waals surface area contributed by atoms with Crippen molar-refractivity contribution in [3.05, 3.63) is 11.7 Å². The highest BCUT2D eigenvalue weighted by molar-refractivity contribution is 4.88. The fraction of sp³-hybridized carbons (Fsp3) is 0.867. The van der Waals surface area contributed by atoms with Gasteiger partial charge in [-0.3, -0.25) is 4.90 Å². The minimum absolute atomic E-state index is 0.324. The van der Waals surface area contributed by atoms with Gasteiger partial charge in [0.1, 0.15) is 0 Å². The summed E-state index contributed by atoms with van der Waals surface area (Å²) in [7, 11) is 0. The molecule has 0 spiro atoms. The predicted octanol–water partition coefficient (Wildman–Crippen LogP) is 2.54. The summed E-state index contributed by atoms with van der Waals surface area (Å²) in [5.74, 6) is 1.47. The summed E-state index contributed by atoms with van der Waals surface area (Å²) in [5.41, 5.74) is 0. The lowest BCUT2D eigenvalue weighted by Gasteiger charge is -2.34. The molecule has 1 heterocycles. The van der Waals surface area contributed by atoms with Crippen LogP contribution in [0.25, 0.3) is 0 Å². The first kappa shape index (κ1) is 15.4. The molecule has 1 aromatic heterocycles. The molecule has 20 heavy (non-hydrogen) atoms. The predicted molar refractivity (Wildman–Crippen MR) is 77.3 cm³/mol. The van der Waals surface area contributed by atoms with Crippen molar-refractivity contribution in [2.24, 2.45) is 0 Å². The van der Waals surface area contributed by atoms with E-state index in [-0.39, 0.29) is 6.10 Å². The Labute approximate surface area is 121 Å². The second-order valence-corrected chi connectivity index (χ2v) is 5.92. The van der Waals surface area contributed by atoms with Crippen LogP contribution in [0.1, 0.15) is 64.1 Å². The van der Waals surface area contributed by atoms with Crippen LogP contribution in [0.15, 0.2) is 4.52 Å². The molecule has 1 unspecified atom stereocenters. The molecule has 0 aliphatic heterocycles. The number of aliphatic hydroxyl groups is 1. The first-order chi connectivity index (χ1) is 9.69. The second-order valence-electron chi connectivity index (χ2n) is 5.92. The van der Waals surface area contributed by atoms with E-state index < -0.39 is 0 Å². The lowest BCUT2D eigenvalue weighted by atomic mass is 9.94.